The lowest BCUT2D eigenvalue weighted by atomic mass is 10.1. The number of nitrogens with one attached hydrogen (secondary N) is 1. The Hall–Kier alpha value is -2.23. The van der Waals surface area contributed by atoms with E-state index in [-0.39, 0.29) is 18.0 Å². The van der Waals surface area contributed by atoms with Gasteiger partial charge < -0.3 is 5.32 Å². The lowest BCUT2D eigenvalue weighted by Gasteiger charge is -2.07. The first-order valence-corrected chi connectivity index (χ1v) is 6.41. The second kappa shape index (κ2) is 6.28. The Kier molecular flexibility index (Phi) is 4.45. The van der Waals surface area contributed by atoms with Crippen LogP contribution in [0.15, 0.2) is 42.5 Å². The van der Waals surface area contributed by atoms with Crippen molar-refractivity contribution >= 4 is 11.6 Å². The second-order valence-corrected chi connectivity index (χ2v) is 4.52. The van der Waals surface area contributed by atoms with Crippen molar-refractivity contribution in [2.45, 2.75) is 19.8 Å². The van der Waals surface area contributed by atoms with Crippen molar-refractivity contribution in [1.82, 2.24) is 0 Å². The lowest BCUT2D eigenvalue weighted by Crippen LogP contribution is -2.15. The predicted octanol–water partition coefficient (Wildman–Crippen LogP) is 3.71. The van der Waals surface area contributed by atoms with Crippen molar-refractivity contribution in [2.24, 2.45) is 0 Å². The van der Waals surface area contributed by atoms with Gasteiger partial charge in [-0.3, -0.25) is 4.79 Å². The Balaban J connectivity index is 2.01. The van der Waals surface area contributed by atoms with E-state index < -0.39 is 11.6 Å². The van der Waals surface area contributed by atoms with Crippen molar-refractivity contribution in [3.05, 3.63) is 65.2 Å². The quantitative estimate of drug-likeness (QED) is 0.905. The van der Waals surface area contributed by atoms with Crippen molar-refractivity contribution in [3.8, 4) is 0 Å². The number of anilines is 1. The number of aryl methyl sites for hydroxylation is 1. The normalized spacial score (nSPS) is 10.3. The van der Waals surface area contributed by atoms with Gasteiger partial charge in [0.15, 0.2) is 0 Å². The number of hydrogen-bond acceptors (Lipinski definition) is 1. The molecule has 2 aromatic rings. The van der Waals surface area contributed by atoms with Gasteiger partial charge in [0.1, 0.15) is 11.6 Å². The lowest BCUT2D eigenvalue weighted by molar-refractivity contribution is -0.115. The van der Waals surface area contributed by atoms with Gasteiger partial charge in [-0.2, -0.15) is 0 Å². The summed E-state index contributed by atoms with van der Waals surface area (Å²) in [6, 6.07) is 10.7. The summed E-state index contributed by atoms with van der Waals surface area (Å²) < 4.78 is 26.1. The third-order valence-electron chi connectivity index (χ3n) is 3.00. The van der Waals surface area contributed by atoms with Crippen LogP contribution in [0.5, 0.6) is 0 Å². The Morgan fingerprint density at radius 3 is 2.30 bits per heavy atom. The molecule has 2 nitrogen and oxygen atoms in total. The molecule has 0 aliphatic heterocycles. The Bertz CT molecular complexity index is 608. The highest BCUT2D eigenvalue weighted by Crippen LogP contribution is 2.15. The zero-order chi connectivity index (χ0) is 14.5. The fourth-order valence-corrected chi connectivity index (χ4v) is 1.86. The summed E-state index contributed by atoms with van der Waals surface area (Å²) >= 11 is 0. The first kappa shape index (κ1) is 14.2. The highest BCUT2D eigenvalue weighted by molar-refractivity contribution is 5.92. The predicted molar refractivity (Wildman–Crippen MR) is 74.5 cm³/mol. The van der Waals surface area contributed by atoms with Gasteiger partial charge in [0.25, 0.3) is 0 Å². The molecule has 104 valence electrons. The molecular formula is C16H15F2NO. The van der Waals surface area contributed by atoms with Crippen molar-refractivity contribution < 1.29 is 13.6 Å². The van der Waals surface area contributed by atoms with Crippen LogP contribution in [-0.4, -0.2) is 5.91 Å². The summed E-state index contributed by atoms with van der Waals surface area (Å²) in [5.74, 6) is -1.78. The summed E-state index contributed by atoms with van der Waals surface area (Å²) in [5.41, 5.74) is 2.03. The van der Waals surface area contributed by atoms with Gasteiger partial charge in [0, 0.05) is 6.07 Å². The number of hydrogen-bond donors (Lipinski definition) is 1. The van der Waals surface area contributed by atoms with Crippen LogP contribution in [0, 0.1) is 11.6 Å². The summed E-state index contributed by atoms with van der Waals surface area (Å²) in [5, 5.41) is 2.43. The summed E-state index contributed by atoms with van der Waals surface area (Å²) in [6.45, 7) is 2.05. The van der Waals surface area contributed by atoms with Crippen molar-refractivity contribution in [3.63, 3.8) is 0 Å². The minimum atomic E-state index is -0.778. The van der Waals surface area contributed by atoms with Crippen molar-refractivity contribution in [2.75, 3.05) is 5.32 Å². The van der Waals surface area contributed by atoms with Crippen LogP contribution in [0.3, 0.4) is 0 Å². The average Bonchev–Trinajstić information content (AvgIpc) is 2.43. The highest BCUT2D eigenvalue weighted by atomic mass is 19.1. The van der Waals surface area contributed by atoms with Gasteiger partial charge in [-0.1, -0.05) is 31.2 Å². The molecule has 2 rings (SSSR count). The zero-order valence-corrected chi connectivity index (χ0v) is 11.1. The largest absolute Gasteiger partial charge is 0.323 e. The van der Waals surface area contributed by atoms with E-state index in [4.69, 9.17) is 0 Å². The van der Waals surface area contributed by atoms with Crippen molar-refractivity contribution in [1.29, 1.82) is 0 Å². The van der Waals surface area contributed by atoms with E-state index in [9.17, 15) is 13.6 Å². The molecule has 1 N–H and O–H groups in total. The van der Waals surface area contributed by atoms with E-state index in [0.29, 0.717) is 0 Å². The monoisotopic (exact) mass is 275 g/mol. The molecule has 0 atom stereocenters. The number of amides is 1. The minimum Gasteiger partial charge on any atom is -0.323 e. The van der Waals surface area contributed by atoms with Crippen LogP contribution >= 0.6 is 0 Å². The number of carbonyl (C=O) groups excluding carboxylic acids is 1. The molecule has 0 radical (unpaired) electrons. The molecule has 0 fully saturated rings. The molecule has 0 aromatic heterocycles. The Morgan fingerprint density at radius 1 is 1.05 bits per heavy atom. The van der Waals surface area contributed by atoms with Crippen LogP contribution in [0.4, 0.5) is 14.5 Å². The summed E-state index contributed by atoms with van der Waals surface area (Å²) in [4.78, 5) is 11.8. The third-order valence-corrected chi connectivity index (χ3v) is 3.00. The molecule has 0 aliphatic carbocycles. The minimum absolute atomic E-state index is 0.0124. The van der Waals surface area contributed by atoms with Crippen LogP contribution < -0.4 is 5.32 Å². The summed E-state index contributed by atoms with van der Waals surface area (Å²) in [6.07, 6.45) is 1.09. The highest BCUT2D eigenvalue weighted by Gasteiger charge is 2.08. The van der Waals surface area contributed by atoms with Gasteiger partial charge in [-0.05, 0) is 29.7 Å². The Morgan fingerprint density at radius 2 is 1.70 bits per heavy atom. The van der Waals surface area contributed by atoms with E-state index in [2.05, 4.69) is 12.2 Å². The molecule has 2 aromatic carbocycles. The van der Waals surface area contributed by atoms with Crippen LogP contribution in [0.1, 0.15) is 18.1 Å². The molecule has 0 spiro atoms. The molecule has 0 bridgehead atoms. The SMILES string of the molecule is CCc1ccc(CC(=O)Nc2ccc(F)cc2F)cc1. The van der Waals surface area contributed by atoms with Crippen LogP contribution in [0.25, 0.3) is 0 Å². The van der Waals surface area contributed by atoms with Gasteiger partial charge >= 0.3 is 0 Å². The van der Waals surface area contributed by atoms with E-state index in [1.165, 1.54) is 11.6 Å². The summed E-state index contributed by atoms with van der Waals surface area (Å²) in [7, 11) is 0. The van der Waals surface area contributed by atoms with E-state index in [1.807, 2.05) is 24.3 Å². The van der Waals surface area contributed by atoms with Gasteiger partial charge in [-0.25, -0.2) is 8.78 Å². The maximum atomic E-state index is 13.4. The third kappa shape index (κ3) is 3.63. The van der Waals surface area contributed by atoms with E-state index in [1.54, 1.807) is 0 Å². The van der Waals surface area contributed by atoms with E-state index >= 15 is 0 Å². The fourth-order valence-electron chi connectivity index (χ4n) is 1.86. The maximum Gasteiger partial charge on any atom is 0.228 e. The van der Waals surface area contributed by atoms with Crippen LogP contribution in [0.2, 0.25) is 0 Å². The smallest absolute Gasteiger partial charge is 0.228 e. The second-order valence-electron chi connectivity index (χ2n) is 4.52. The Labute approximate surface area is 116 Å². The zero-order valence-electron chi connectivity index (χ0n) is 11.1. The number of carbonyl (C=O) groups is 1. The molecule has 0 heterocycles. The number of rotatable bonds is 4. The van der Waals surface area contributed by atoms with Gasteiger partial charge in [0.2, 0.25) is 5.91 Å². The fraction of sp³-hybridized carbons (Fsp3) is 0.188. The molecule has 4 heteroatoms. The first-order valence-electron chi connectivity index (χ1n) is 6.41. The van der Waals surface area contributed by atoms with Gasteiger partial charge in [0.05, 0.1) is 12.1 Å². The van der Waals surface area contributed by atoms with Crippen LogP contribution in [-0.2, 0) is 17.6 Å². The first-order chi connectivity index (χ1) is 9.58. The van der Waals surface area contributed by atoms with Gasteiger partial charge in [-0.15, -0.1) is 0 Å². The average molecular weight is 275 g/mol. The standard InChI is InChI=1S/C16H15F2NO/c1-2-11-3-5-12(6-4-11)9-16(20)19-15-8-7-13(17)10-14(15)18/h3-8,10H,2,9H2,1H3,(H,19,20). The number of benzene rings is 2. The molecule has 0 saturated heterocycles. The molecule has 0 aliphatic rings. The topological polar surface area (TPSA) is 29.1 Å². The number of halogens is 2. The molecule has 0 saturated carbocycles. The molecule has 1 amide bonds. The molecule has 20 heavy (non-hydrogen) atoms. The molecular weight excluding hydrogens is 260 g/mol. The van der Waals surface area contributed by atoms with E-state index in [0.717, 1.165) is 24.1 Å². The molecule has 0 unspecified atom stereocenters. The maximum absolute atomic E-state index is 13.4.